The van der Waals surface area contributed by atoms with E-state index in [1.807, 2.05) is 18.3 Å². The Morgan fingerprint density at radius 2 is 1.55 bits per heavy atom. The molecule has 6 nitrogen and oxygen atoms in total. The standard InChI is InChI=1S/C22H30N4O2S.2ClH/c1-17(2)21-15-19(16-24-22(21)25-13-9-23-10-14-25)18-5-7-20(8-6-18)29(27,28)26-11-3-4-12-26;;/h5-8,15-17,23H,3-4,9-14H2,1-2H3;2*1H. The lowest BCUT2D eigenvalue weighted by molar-refractivity contribution is 0.477. The summed E-state index contributed by atoms with van der Waals surface area (Å²) in [4.78, 5) is 7.53. The molecule has 0 amide bonds. The summed E-state index contributed by atoms with van der Waals surface area (Å²) in [5.41, 5.74) is 3.25. The second-order valence-electron chi connectivity index (χ2n) is 8.16. The van der Waals surface area contributed by atoms with E-state index in [1.54, 1.807) is 16.4 Å². The molecule has 3 heterocycles. The molecule has 0 spiro atoms. The van der Waals surface area contributed by atoms with Gasteiger partial charge < -0.3 is 10.2 Å². The average Bonchev–Trinajstić information content (AvgIpc) is 3.30. The van der Waals surface area contributed by atoms with Crippen LogP contribution in [0.2, 0.25) is 0 Å². The Labute approximate surface area is 198 Å². The van der Waals surface area contributed by atoms with Crippen LogP contribution in [-0.2, 0) is 10.0 Å². The number of benzene rings is 1. The van der Waals surface area contributed by atoms with Crippen molar-refractivity contribution >= 4 is 40.7 Å². The van der Waals surface area contributed by atoms with Crippen molar-refractivity contribution < 1.29 is 8.42 Å². The maximum Gasteiger partial charge on any atom is 0.243 e. The number of piperazine rings is 1. The molecule has 2 saturated heterocycles. The second-order valence-corrected chi connectivity index (χ2v) is 10.1. The van der Waals surface area contributed by atoms with Crippen molar-refractivity contribution in [2.24, 2.45) is 0 Å². The number of sulfonamides is 1. The Morgan fingerprint density at radius 1 is 0.935 bits per heavy atom. The lowest BCUT2D eigenvalue weighted by atomic mass is 9.98. The van der Waals surface area contributed by atoms with Crippen molar-refractivity contribution in [3.05, 3.63) is 42.1 Å². The third kappa shape index (κ3) is 5.52. The molecule has 0 aliphatic carbocycles. The number of nitrogens with one attached hydrogen (secondary N) is 1. The van der Waals surface area contributed by atoms with Crippen LogP contribution in [-0.4, -0.2) is 57.0 Å². The van der Waals surface area contributed by atoms with Crippen LogP contribution < -0.4 is 10.2 Å². The number of rotatable bonds is 5. The Hall–Kier alpha value is -1.38. The minimum Gasteiger partial charge on any atom is -0.354 e. The highest BCUT2D eigenvalue weighted by molar-refractivity contribution is 7.89. The number of hydrogen-bond donors (Lipinski definition) is 1. The lowest BCUT2D eigenvalue weighted by Crippen LogP contribution is -2.44. The van der Waals surface area contributed by atoms with Crippen LogP contribution in [0, 0.1) is 0 Å². The van der Waals surface area contributed by atoms with Gasteiger partial charge in [0.1, 0.15) is 5.82 Å². The molecule has 2 aliphatic rings. The van der Waals surface area contributed by atoms with Gasteiger partial charge in [0.25, 0.3) is 0 Å². The van der Waals surface area contributed by atoms with Crippen molar-refractivity contribution in [1.29, 1.82) is 0 Å². The fraction of sp³-hybridized carbons (Fsp3) is 0.500. The van der Waals surface area contributed by atoms with Gasteiger partial charge in [-0.2, -0.15) is 4.31 Å². The summed E-state index contributed by atoms with van der Waals surface area (Å²) in [5.74, 6) is 1.43. The molecule has 0 bridgehead atoms. The first kappa shape index (κ1) is 25.9. The van der Waals surface area contributed by atoms with E-state index >= 15 is 0 Å². The zero-order valence-corrected chi connectivity index (χ0v) is 20.5. The molecule has 0 atom stereocenters. The Bertz CT molecular complexity index is 956. The van der Waals surface area contributed by atoms with E-state index in [0.717, 1.165) is 56.0 Å². The average molecular weight is 487 g/mol. The monoisotopic (exact) mass is 486 g/mol. The smallest absolute Gasteiger partial charge is 0.243 e. The quantitative estimate of drug-likeness (QED) is 0.693. The molecule has 4 rings (SSSR count). The van der Waals surface area contributed by atoms with Gasteiger partial charge in [-0.05, 0) is 48.1 Å². The number of nitrogens with zero attached hydrogens (tertiary/aromatic N) is 3. The Morgan fingerprint density at radius 3 is 2.13 bits per heavy atom. The maximum atomic E-state index is 12.7. The minimum absolute atomic E-state index is 0. The first-order valence-corrected chi connectivity index (χ1v) is 12.0. The molecule has 1 aromatic heterocycles. The van der Waals surface area contributed by atoms with Gasteiger partial charge in [0.15, 0.2) is 0 Å². The van der Waals surface area contributed by atoms with E-state index in [-0.39, 0.29) is 24.8 Å². The van der Waals surface area contributed by atoms with Crippen molar-refractivity contribution in [3.63, 3.8) is 0 Å². The van der Waals surface area contributed by atoms with Gasteiger partial charge in [-0.1, -0.05) is 26.0 Å². The topological polar surface area (TPSA) is 65.5 Å². The Kier molecular flexibility index (Phi) is 9.15. The second kappa shape index (κ2) is 11.0. The van der Waals surface area contributed by atoms with Crippen LogP contribution in [0.4, 0.5) is 5.82 Å². The summed E-state index contributed by atoms with van der Waals surface area (Å²) in [6, 6.07) is 9.45. The van der Waals surface area contributed by atoms with Crippen molar-refractivity contribution in [2.45, 2.75) is 37.5 Å². The summed E-state index contributed by atoms with van der Waals surface area (Å²) in [6.07, 6.45) is 3.80. The van der Waals surface area contributed by atoms with Crippen molar-refractivity contribution in [3.8, 4) is 11.1 Å². The number of halogens is 2. The molecule has 172 valence electrons. The molecule has 2 aromatic rings. The molecular formula is C22H32Cl2N4O2S. The number of hydrogen-bond acceptors (Lipinski definition) is 5. The molecule has 0 unspecified atom stereocenters. The highest BCUT2D eigenvalue weighted by atomic mass is 35.5. The van der Waals surface area contributed by atoms with Gasteiger partial charge in [-0.3, -0.25) is 0 Å². The van der Waals surface area contributed by atoms with E-state index in [0.29, 0.717) is 23.9 Å². The lowest BCUT2D eigenvalue weighted by Gasteiger charge is -2.31. The highest BCUT2D eigenvalue weighted by Crippen LogP contribution is 2.31. The normalized spacial score (nSPS) is 17.3. The van der Waals surface area contributed by atoms with Gasteiger partial charge in [-0.25, -0.2) is 13.4 Å². The van der Waals surface area contributed by atoms with E-state index in [4.69, 9.17) is 4.98 Å². The van der Waals surface area contributed by atoms with Gasteiger partial charge in [0, 0.05) is 51.0 Å². The van der Waals surface area contributed by atoms with Crippen LogP contribution in [0.3, 0.4) is 0 Å². The maximum absolute atomic E-state index is 12.7. The molecule has 2 aliphatic heterocycles. The SMILES string of the molecule is CC(C)c1cc(-c2ccc(S(=O)(=O)N3CCCC3)cc2)cnc1N1CCNCC1.Cl.Cl. The first-order valence-electron chi connectivity index (χ1n) is 10.5. The van der Waals surface area contributed by atoms with Crippen LogP contribution in [0.25, 0.3) is 11.1 Å². The molecular weight excluding hydrogens is 455 g/mol. The minimum atomic E-state index is -3.38. The third-order valence-electron chi connectivity index (χ3n) is 5.82. The summed E-state index contributed by atoms with van der Waals surface area (Å²) in [7, 11) is -3.38. The van der Waals surface area contributed by atoms with Gasteiger partial charge in [0.05, 0.1) is 4.90 Å². The van der Waals surface area contributed by atoms with E-state index < -0.39 is 10.0 Å². The molecule has 31 heavy (non-hydrogen) atoms. The van der Waals surface area contributed by atoms with Gasteiger partial charge in [-0.15, -0.1) is 24.8 Å². The fourth-order valence-electron chi connectivity index (χ4n) is 4.10. The zero-order valence-electron chi connectivity index (χ0n) is 18.1. The highest BCUT2D eigenvalue weighted by Gasteiger charge is 2.27. The molecule has 0 radical (unpaired) electrons. The number of aromatic nitrogens is 1. The summed E-state index contributed by atoms with van der Waals surface area (Å²) >= 11 is 0. The first-order chi connectivity index (χ1) is 14.0. The fourth-order valence-corrected chi connectivity index (χ4v) is 5.61. The number of pyridine rings is 1. The van der Waals surface area contributed by atoms with Crippen LogP contribution in [0.5, 0.6) is 0 Å². The van der Waals surface area contributed by atoms with Gasteiger partial charge >= 0.3 is 0 Å². The van der Waals surface area contributed by atoms with E-state index in [2.05, 4.69) is 30.1 Å². The van der Waals surface area contributed by atoms with Crippen LogP contribution >= 0.6 is 24.8 Å². The number of anilines is 1. The van der Waals surface area contributed by atoms with Gasteiger partial charge in [0.2, 0.25) is 10.0 Å². The van der Waals surface area contributed by atoms with E-state index in [1.165, 1.54) is 5.56 Å². The molecule has 2 fully saturated rings. The van der Waals surface area contributed by atoms with Crippen molar-refractivity contribution in [1.82, 2.24) is 14.6 Å². The molecule has 1 N–H and O–H groups in total. The zero-order chi connectivity index (χ0) is 20.4. The molecule has 9 heteroatoms. The molecule has 0 saturated carbocycles. The largest absolute Gasteiger partial charge is 0.354 e. The summed E-state index contributed by atoms with van der Waals surface area (Å²) in [5, 5.41) is 3.39. The van der Waals surface area contributed by atoms with Crippen molar-refractivity contribution in [2.75, 3.05) is 44.2 Å². The predicted octanol–water partition coefficient (Wildman–Crippen LogP) is 3.91. The molecule has 1 aromatic carbocycles. The Balaban J connectivity index is 0.00000171. The third-order valence-corrected chi connectivity index (χ3v) is 7.74. The summed E-state index contributed by atoms with van der Waals surface area (Å²) < 4.78 is 27.1. The van der Waals surface area contributed by atoms with Crippen LogP contribution in [0.1, 0.15) is 38.2 Å². The predicted molar refractivity (Wildman–Crippen MR) is 131 cm³/mol. The van der Waals surface area contributed by atoms with E-state index in [9.17, 15) is 8.42 Å². The summed E-state index contributed by atoms with van der Waals surface area (Å²) in [6.45, 7) is 9.53. The van der Waals surface area contributed by atoms with Crippen LogP contribution in [0.15, 0.2) is 41.4 Å².